The van der Waals surface area contributed by atoms with Crippen LogP contribution in [-0.2, 0) is 14.8 Å². The van der Waals surface area contributed by atoms with Crippen LogP contribution in [-0.4, -0.2) is 38.2 Å². The number of nitrogens with zero attached hydrogens (tertiary/aromatic N) is 2. The number of halogens is 1. The summed E-state index contributed by atoms with van der Waals surface area (Å²) in [5, 5.41) is 0.124. The molecule has 9 heteroatoms. The molecular formula is C20H20ClN3O4S. The Morgan fingerprint density at radius 3 is 2.41 bits per heavy atom. The van der Waals surface area contributed by atoms with Gasteiger partial charge in [-0.3, -0.25) is 4.72 Å². The third kappa shape index (κ3) is 4.60. The molecule has 2 heterocycles. The Labute approximate surface area is 174 Å². The van der Waals surface area contributed by atoms with Gasteiger partial charge >= 0.3 is 0 Å². The van der Waals surface area contributed by atoms with E-state index in [1.165, 1.54) is 12.1 Å². The Kier molecular flexibility index (Phi) is 5.84. The summed E-state index contributed by atoms with van der Waals surface area (Å²) in [6.07, 6.45) is 1.78. The molecule has 0 unspecified atom stereocenters. The minimum absolute atomic E-state index is 0.0352. The average Bonchev–Trinajstić information content (AvgIpc) is 2.73. The summed E-state index contributed by atoms with van der Waals surface area (Å²) in [6.45, 7) is 1.81. The van der Waals surface area contributed by atoms with Gasteiger partial charge in [0.15, 0.2) is 0 Å². The molecule has 29 heavy (non-hydrogen) atoms. The van der Waals surface area contributed by atoms with Crippen LogP contribution in [0.25, 0.3) is 11.0 Å². The Bertz CT molecular complexity index is 1120. The van der Waals surface area contributed by atoms with E-state index in [2.05, 4.69) is 14.7 Å². The van der Waals surface area contributed by atoms with Crippen molar-refractivity contribution in [3.63, 3.8) is 0 Å². The zero-order chi connectivity index (χ0) is 20.3. The molecule has 0 spiro atoms. The van der Waals surface area contributed by atoms with Crippen molar-refractivity contribution in [2.45, 2.75) is 17.7 Å². The van der Waals surface area contributed by atoms with Crippen molar-refractivity contribution in [1.29, 1.82) is 0 Å². The molecule has 1 fully saturated rings. The Morgan fingerprint density at radius 1 is 1.03 bits per heavy atom. The van der Waals surface area contributed by atoms with Crippen LogP contribution in [0.1, 0.15) is 12.8 Å². The lowest BCUT2D eigenvalue weighted by molar-refractivity contribution is 0.0492. The first-order chi connectivity index (χ1) is 14.0. The van der Waals surface area contributed by atoms with Crippen LogP contribution in [0.4, 0.5) is 5.82 Å². The van der Waals surface area contributed by atoms with Crippen LogP contribution in [0.3, 0.4) is 0 Å². The topological polar surface area (TPSA) is 90.4 Å². The molecule has 7 nitrogen and oxygen atoms in total. The number of hydrogen-bond acceptors (Lipinski definition) is 6. The molecule has 0 saturated carbocycles. The molecule has 2 aromatic carbocycles. The zero-order valence-electron chi connectivity index (χ0n) is 15.5. The summed E-state index contributed by atoms with van der Waals surface area (Å²) in [7, 11) is -3.96. The number of nitrogens with one attached hydrogen (secondary N) is 1. The lowest BCUT2D eigenvalue weighted by Crippen LogP contribution is -2.22. The lowest BCUT2D eigenvalue weighted by atomic mass is 10.0. The molecule has 1 N–H and O–H groups in total. The average molecular weight is 434 g/mol. The van der Waals surface area contributed by atoms with E-state index in [1.54, 1.807) is 24.3 Å². The number of rotatable bonds is 6. The maximum Gasteiger partial charge on any atom is 0.264 e. The van der Waals surface area contributed by atoms with Gasteiger partial charge in [-0.05, 0) is 43.0 Å². The van der Waals surface area contributed by atoms with E-state index in [0.29, 0.717) is 36.8 Å². The van der Waals surface area contributed by atoms with Gasteiger partial charge in [-0.2, -0.15) is 0 Å². The van der Waals surface area contributed by atoms with Crippen molar-refractivity contribution < 1.29 is 17.9 Å². The molecule has 0 amide bonds. The molecule has 3 aromatic rings. The first-order valence-electron chi connectivity index (χ1n) is 9.27. The molecule has 1 saturated heterocycles. The normalized spacial score (nSPS) is 15.3. The van der Waals surface area contributed by atoms with Gasteiger partial charge in [0.25, 0.3) is 15.9 Å². The largest absolute Gasteiger partial charge is 0.475 e. The predicted molar refractivity (Wildman–Crippen MR) is 111 cm³/mol. The number of para-hydroxylation sites is 2. The molecule has 4 rings (SSSR count). The summed E-state index contributed by atoms with van der Waals surface area (Å²) in [4.78, 5) is 8.88. The van der Waals surface area contributed by atoms with Gasteiger partial charge in [0.2, 0.25) is 5.82 Å². The van der Waals surface area contributed by atoms with Crippen molar-refractivity contribution in [3.05, 3.63) is 53.6 Å². The van der Waals surface area contributed by atoms with Crippen molar-refractivity contribution in [2.24, 2.45) is 5.92 Å². The van der Waals surface area contributed by atoms with Crippen molar-refractivity contribution in [1.82, 2.24) is 9.97 Å². The number of aromatic nitrogens is 2. The first-order valence-corrected chi connectivity index (χ1v) is 11.1. The highest BCUT2D eigenvalue weighted by Crippen LogP contribution is 2.29. The van der Waals surface area contributed by atoms with Crippen molar-refractivity contribution in [3.8, 4) is 5.88 Å². The number of benzene rings is 2. The smallest absolute Gasteiger partial charge is 0.264 e. The van der Waals surface area contributed by atoms with Crippen LogP contribution in [0, 0.1) is 5.92 Å². The van der Waals surface area contributed by atoms with E-state index in [9.17, 15) is 8.42 Å². The number of hydrogen-bond donors (Lipinski definition) is 1. The highest BCUT2D eigenvalue weighted by Gasteiger charge is 2.23. The fourth-order valence-corrected chi connectivity index (χ4v) is 4.63. The molecule has 0 bridgehead atoms. The lowest BCUT2D eigenvalue weighted by Gasteiger charge is -2.22. The standard InChI is InChI=1S/C20H20ClN3O4S/c21-15-5-1-4-8-18(15)29(25,26)24-19-20(28-13-14-9-11-27-12-10-14)23-17-7-3-2-6-16(17)22-19/h1-8,14H,9-13H2,(H,22,24). The van der Waals surface area contributed by atoms with Crippen LogP contribution < -0.4 is 9.46 Å². The Balaban J connectivity index is 1.66. The highest BCUT2D eigenvalue weighted by atomic mass is 35.5. The summed E-state index contributed by atoms with van der Waals surface area (Å²) in [6, 6.07) is 13.4. The minimum Gasteiger partial charge on any atom is -0.475 e. The second-order valence-corrected chi connectivity index (χ2v) is 8.83. The molecule has 1 aliphatic rings. The van der Waals surface area contributed by atoms with Crippen LogP contribution >= 0.6 is 11.6 Å². The molecule has 1 aromatic heterocycles. The van der Waals surface area contributed by atoms with Gasteiger partial charge < -0.3 is 9.47 Å². The fraction of sp³-hybridized carbons (Fsp3) is 0.300. The molecule has 0 aliphatic carbocycles. The maximum absolute atomic E-state index is 12.9. The monoisotopic (exact) mass is 433 g/mol. The number of sulfonamides is 1. The molecule has 1 aliphatic heterocycles. The maximum atomic E-state index is 12.9. The summed E-state index contributed by atoms with van der Waals surface area (Å²) in [5.41, 5.74) is 1.18. The Hall–Kier alpha value is -2.42. The van der Waals surface area contributed by atoms with E-state index in [-0.39, 0.29) is 21.6 Å². The quantitative estimate of drug-likeness (QED) is 0.634. The van der Waals surface area contributed by atoms with E-state index >= 15 is 0 Å². The van der Waals surface area contributed by atoms with E-state index in [4.69, 9.17) is 21.1 Å². The number of ether oxygens (including phenoxy) is 2. The second-order valence-electron chi connectivity index (χ2n) is 6.77. The van der Waals surface area contributed by atoms with Crippen molar-refractivity contribution >= 4 is 38.5 Å². The molecule has 152 valence electrons. The summed E-state index contributed by atoms with van der Waals surface area (Å²) < 4.78 is 39.5. The zero-order valence-corrected chi connectivity index (χ0v) is 17.1. The van der Waals surface area contributed by atoms with Crippen molar-refractivity contribution in [2.75, 3.05) is 24.5 Å². The highest BCUT2D eigenvalue weighted by molar-refractivity contribution is 7.92. The van der Waals surface area contributed by atoms with Gasteiger partial charge in [0.1, 0.15) is 4.90 Å². The van der Waals surface area contributed by atoms with Gasteiger partial charge in [-0.15, -0.1) is 0 Å². The van der Waals surface area contributed by atoms with Crippen LogP contribution in [0.15, 0.2) is 53.4 Å². The third-order valence-corrected chi connectivity index (χ3v) is 6.53. The van der Waals surface area contributed by atoms with Gasteiger partial charge in [-0.1, -0.05) is 35.9 Å². The Morgan fingerprint density at radius 2 is 1.69 bits per heavy atom. The number of anilines is 1. The summed E-state index contributed by atoms with van der Waals surface area (Å²) in [5.74, 6) is 0.506. The van der Waals surface area contributed by atoms with E-state index < -0.39 is 10.0 Å². The minimum atomic E-state index is -3.96. The summed E-state index contributed by atoms with van der Waals surface area (Å²) >= 11 is 6.07. The molecular weight excluding hydrogens is 414 g/mol. The van der Waals surface area contributed by atoms with Gasteiger partial charge in [0, 0.05) is 13.2 Å². The fourth-order valence-electron chi connectivity index (χ4n) is 3.11. The SMILES string of the molecule is O=S(=O)(Nc1nc2ccccc2nc1OCC1CCOCC1)c1ccccc1Cl. The number of fused-ring (bicyclic) bond motifs is 1. The van der Waals surface area contributed by atoms with Gasteiger partial charge in [0.05, 0.1) is 22.7 Å². The van der Waals surface area contributed by atoms with E-state index in [1.807, 2.05) is 12.1 Å². The second kappa shape index (κ2) is 8.52. The van der Waals surface area contributed by atoms with Crippen LogP contribution in [0.5, 0.6) is 5.88 Å². The molecule has 0 atom stereocenters. The van der Waals surface area contributed by atoms with Crippen LogP contribution in [0.2, 0.25) is 5.02 Å². The third-order valence-electron chi connectivity index (χ3n) is 4.69. The van der Waals surface area contributed by atoms with Gasteiger partial charge in [-0.25, -0.2) is 18.4 Å². The molecule has 0 radical (unpaired) electrons. The van der Waals surface area contributed by atoms with E-state index in [0.717, 1.165) is 12.8 Å². The predicted octanol–water partition coefficient (Wildman–Crippen LogP) is 3.89. The first kappa shape index (κ1) is 19.9.